The molecule has 0 spiro atoms. The zero-order chi connectivity index (χ0) is 12.8. The molecule has 1 unspecified atom stereocenters. The van der Waals surface area contributed by atoms with Crippen molar-refractivity contribution in [1.82, 2.24) is 10.6 Å². The first-order valence-corrected chi connectivity index (χ1v) is 7.77. The SMILES string of the molecule is CC(C)NCC(C)NCc1cc(Br)ccc1I. The Kier molecular flexibility index (Phi) is 6.99. The number of halogens is 2. The Balaban J connectivity index is 2.41. The van der Waals surface area contributed by atoms with E-state index in [-0.39, 0.29) is 0 Å². The molecule has 0 radical (unpaired) electrons. The van der Waals surface area contributed by atoms with Crippen LogP contribution in [0.25, 0.3) is 0 Å². The molecular formula is C13H20BrIN2. The molecule has 0 bridgehead atoms. The topological polar surface area (TPSA) is 24.1 Å². The summed E-state index contributed by atoms with van der Waals surface area (Å²) in [6.45, 7) is 8.47. The summed E-state index contributed by atoms with van der Waals surface area (Å²) in [5.41, 5.74) is 1.34. The van der Waals surface area contributed by atoms with Crippen molar-refractivity contribution in [1.29, 1.82) is 0 Å². The lowest BCUT2D eigenvalue weighted by molar-refractivity contribution is 0.473. The maximum absolute atomic E-state index is 3.53. The van der Waals surface area contributed by atoms with Crippen molar-refractivity contribution in [3.63, 3.8) is 0 Å². The van der Waals surface area contributed by atoms with Gasteiger partial charge in [-0.15, -0.1) is 0 Å². The van der Waals surface area contributed by atoms with Gasteiger partial charge in [0, 0.05) is 33.2 Å². The summed E-state index contributed by atoms with van der Waals surface area (Å²) < 4.78 is 2.45. The predicted octanol–water partition coefficient (Wildman–Crippen LogP) is 3.53. The Hall–Kier alpha value is 0.350. The van der Waals surface area contributed by atoms with Crippen LogP contribution in [0.5, 0.6) is 0 Å². The number of hydrogen-bond donors (Lipinski definition) is 2. The molecular weight excluding hydrogens is 391 g/mol. The molecule has 1 aromatic carbocycles. The molecule has 0 aliphatic heterocycles. The second kappa shape index (κ2) is 7.71. The minimum Gasteiger partial charge on any atom is -0.313 e. The van der Waals surface area contributed by atoms with Crippen molar-refractivity contribution < 1.29 is 0 Å². The van der Waals surface area contributed by atoms with Gasteiger partial charge in [0.05, 0.1) is 0 Å². The summed E-state index contributed by atoms with van der Waals surface area (Å²) in [6.07, 6.45) is 0. The summed E-state index contributed by atoms with van der Waals surface area (Å²) in [7, 11) is 0. The lowest BCUT2D eigenvalue weighted by Crippen LogP contribution is -2.38. The maximum Gasteiger partial charge on any atom is 0.0219 e. The van der Waals surface area contributed by atoms with Crippen LogP contribution in [0.3, 0.4) is 0 Å². The molecule has 17 heavy (non-hydrogen) atoms. The van der Waals surface area contributed by atoms with Crippen LogP contribution in [0, 0.1) is 3.57 Å². The van der Waals surface area contributed by atoms with Crippen molar-refractivity contribution >= 4 is 38.5 Å². The molecule has 0 saturated heterocycles. The van der Waals surface area contributed by atoms with E-state index in [1.165, 1.54) is 9.13 Å². The van der Waals surface area contributed by atoms with Crippen molar-refractivity contribution in [3.05, 3.63) is 31.8 Å². The second-order valence-corrected chi connectivity index (χ2v) is 6.66. The molecule has 1 rings (SSSR count). The molecule has 0 amide bonds. The lowest BCUT2D eigenvalue weighted by atomic mass is 10.2. The third-order valence-corrected chi connectivity index (χ3v) is 4.03. The minimum atomic E-state index is 0.479. The monoisotopic (exact) mass is 410 g/mol. The van der Waals surface area contributed by atoms with E-state index >= 15 is 0 Å². The average molecular weight is 411 g/mol. The average Bonchev–Trinajstić information content (AvgIpc) is 2.27. The molecule has 2 N–H and O–H groups in total. The highest BCUT2D eigenvalue weighted by molar-refractivity contribution is 14.1. The van der Waals surface area contributed by atoms with E-state index in [2.05, 4.69) is 88.1 Å². The van der Waals surface area contributed by atoms with Crippen LogP contribution in [0.1, 0.15) is 26.3 Å². The van der Waals surface area contributed by atoms with Crippen LogP contribution in [0.4, 0.5) is 0 Å². The van der Waals surface area contributed by atoms with E-state index in [4.69, 9.17) is 0 Å². The largest absolute Gasteiger partial charge is 0.313 e. The molecule has 0 fully saturated rings. The van der Waals surface area contributed by atoms with Gasteiger partial charge in [-0.3, -0.25) is 0 Å². The molecule has 0 aliphatic rings. The van der Waals surface area contributed by atoms with Gasteiger partial charge in [-0.05, 0) is 53.3 Å². The molecule has 1 aromatic rings. The normalized spacial score (nSPS) is 13.1. The van der Waals surface area contributed by atoms with Gasteiger partial charge in [-0.1, -0.05) is 29.8 Å². The molecule has 0 saturated carbocycles. The Bertz CT molecular complexity index is 355. The number of rotatable bonds is 6. The first kappa shape index (κ1) is 15.4. The van der Waals surface area contributed by atoms with E-state index in [0.717, 1.165) is 17.6 Å². The summed E-state index contributed by atoms with van der Waals surface area (Å²) in [5.74, 6) is 0. The highest BCUT2D eigenvalue weighted by atomic mass is 127. The first-order chi connectivity index (χ1) is 7.99. The van der Waals surface area contributed by atoms with E-state index in [0.29, 0.717) is 12.1 Å². The highest BCUT2D eigenvalue weighted by Crippen LogP contribution is 2.18. The number of hydrogen-bond acceptors (Lipinski definition) is 2. The standard InChI is InChI=1S/C13H20BrIN2/c1-9(2)16-7-10(3)17-8-11-6-12(14)4-5-13(11)15/h4-6,9-10,16-17H,7-8H2,1-3H3. The Morgan fingerprint density at radius 2 is 1.94 bits per heavy atom. The molecule has 0 aromatic heterocycles. The fraction of sp³-hybridized carbons (Fsp3) is 0.538. The van der Waals surface area contributed by atoms with Gasteiger partial charge >= 0.3 is 0 Å². The van der Waals surface area contributed by atoms with E-state index in [1.54, 1.807) is 0 Å². The Morgan fingerprint density at radius 3 is 2.59 bits per heavy atom. The summed E-state index contributed by atoms with van der Waals surface area (Å²) in [4.78, 5) is 0. The van der Waals surface area contributed by atoms with Crippen molar-refractivity contribution in [2.45, 2.75) is 39.4 Å². The third-order valence-electron chi connectivity index (χ3n) is 2.48. The molecule has 0 aliphatic carbocycles. The van der Waals surface area contributed by atoms with Crippen LogP contribution in [-0.2, 0) is 6.54 Å². The number of nitrogens with one attached hydrogen (secondary N) is 2. The molecule has 4 heteroatoms. The maximum atomic E-state index is 3.53. The fourth-order valence-electron chi connectivity index (χ4n) is 1.45. The third kappa shape index (κ3) is 6.18. The van der Waals surface area contributed by atoms with Gasteiger partial charge in [-0.25, -0.2) is 0 Å². The summed E-state index contributed by atoms with van der Waals surface area (Å²) in [6, 6.07) is 7.42. The zero-order valence-corrected chi connectivity index (χ0v) is 14.3. The van der Waals surface area contributed by atoms with Crippen molar-refractivity contribution in [2.24, 2.45) is 0 Å². The number of benzene rings is 1. The van der Waals surface area contributed by atoms with Gasteiger partial charge in [-0.2, -0.15) is 0 Å². The van der Waals surface area contributed by atoms with Crippen molar-refractivity contribution in [3.8, 4) is 0 Å². The van der Waals surface area contributed by atoms with Crippen LogP contribution in [-0.4, -0.2) is 18.6 Å². The van der Waals surface area contributed by atoms with Gasteiger partial charge in [0.1, 0.15) is 0 Å². The molecule has 2 nitrogen and oxygen atoms in total. The van der Waals surface area contributed by atoms with E-state index < -0.39 is 0 Å². The van der Waals surface area contributed by atoms with Crippen LogP contribution < -0.4 is 10.6 Å². The van der Waals surface area contributed by atoms with Crippen molar-refractivity contribution in [2.75, 3.05) is 6.54 Å². The minimum absolute atomic E-state index is 0.479. The Labute approximate surface area is 126 Å². The smallest absolute Gasteiger partial charge is 0.0219 e. The van der Waals surface area contributed by atoms with Crippen LogP contribution in [0.15, 0.2) is 22.7 Å². The van der Waals surface area contributed by atoms with Gasteiger partial charge < -0.3 is 10.6 Å². The first-order valence-electron chi connectivity index (χ1n) is 5.89. The predicted molar refractivity (Wildman–Crippen MR) is 86.3 cm³/mol. The molecule has 96 valence electrons. The highest BCUT2D eigenvalue weighted by Gasteiger charge is 2.05. The van der Waals surface area contributed by atoms with Gasteiger partial charge in [0.25, 0.3) is 0 Å². The molecule has 0 heterocycles. The summed E-state index contributed by atoms with van der Waals surface area (Å²) in [5, 5.41) is 6.97. The quantitative estimate of drug-likeness (QED) is 0.701. The molecule has 1 atom stereocenters. The Morgan fingerprint density at radius 1 is 1.24 bits per heavy atom. The lowest BCUT2D eigenvalue weighted by Gasteiger charge is -2.17. The zero-order valence-electron chi connectivity index (χ0n) is 10.6. The summed E-state index contributed by atoms with van der Waals surface area (Å²) >= 11 is 5.89. The second-order valence-electron chi connectivity index (χ2n) is 4.58. The van der Waals surface area contributed by atoms with Gasteiger partial charge in [0.15, 0.2) is 0 Å². The van der Waals surface area contributed by atoms with E-state index in [9.17, 15) is 0 Å². The van der Waals surface area contributed by atoms with Crippen LogP contribution >= 0.6 is 38.5 Å². The fourth-order valence-corrected chi connectivity index (χ4v) is 2.38. The van der Waals surface area contributed by atoms with Gasteiger partial charge in [0.2, 0.25) is 0 Å². The van der Waals surface area contributed by atoms with E-state index in [1.807, 2.05) is 0 Å². The van der Waals surface area contributed by atoms with Crippen LogP contribution in [0.2, 0.25) is 0 Å².